The number of carbonyl (C=O) groups is 2. The summed E-state index contributed by atoms with van der Waals surface area (Å²) in [6.45, 7) is 5.85. The average molecular weight is 328 g/mol. The zero-order valence-electron chi connectivity index (χ0n) is 14.1. The smallest absolute Gasteiger partial charge is 0.225 e. The Morgan fingerprint density at radius 1 is 1.17 bits per heavy atom. The Labute approximate surface area is 143 Å². The Kier molecular flexibility index (Phi) is 6.76. The van der Waals surface area contributed by atoms with Gasteiger partial charge in [-0.1, -0.05) is 6.92 Å². The molecule has 0 spiro atoms. The Bertz CT molecular complexity index is 606. The standard InChI is InChI=1S/C18H24N4O2/c1-2-18(24)22-10-3-9-21(12-13-22)11-8-17(23)20-16-6-4-15(14-19)5-7-16/h4-7H,2-3,8-13H2,1H3,(H,20,23). The van der Waals surface area contributed by atoms with Crippen LogP contribution in [-0.2, 0) is 9.59 Å². The molecule has 0 atom stereocenters. The molecule has 0 radical (unpaired) electrons. The van der Waals surface area contributed by atoms with E-state index in [4.69, 9.17) is 5.26 Å². The molecule has 6 nitrogen and oxygen atoms in total. The normalized spacial score (nSPS) is 15.4. The topological polar surface area (TPSA) is 76.4 Å². The van der Waals surface area contributed by atoms with Crippen LogP contribution in [0.25, 0.3) is 0 Å². The number of carbonyl (C=O) groups excluding carboxylic acids is 2. The highest BCUT2D eigenvalue weighted by atomic mass is 16.2. The van der Waals surface area contributed by atoms with Crippen LogP contribution in [-0.4, -0.2) is 54.3 Å². The van der Waals surface area contributed by atoms with Crippen LogP contribution in [0.2, 0.25) is 0 Å². The predicted octanol–water partition coefficient (Wildman–Crippen LogP) is 1.83. The van der Waals surface area contributed by atoms with Gasteiger partial charge >= 0.3 is 0 Å². The van der Waals surface area contributed by atoms with Crippen molar-refractivity contribution in [1.29, 1.82) is 5.26 Å². The zero-order valence-corrected chi connectivity index (χ0v) is 14.1. The molecule has 1 fully saturated rings. The highest BCUT2D eigenvalue weighted by Gasteiger charge is 2.18. The SMILES string of the molecule is CCC(=O)N1CCCN(CCC(=O)Nc2ccc(C#N)cc2)CC1. The maximum atomic E-state index is 12.0. The molecule has 0 unspecified atom stereocenters. The highest BCUT2D eigenvalue weighted by Crippen LogP contribution is 2.10. The van der Waals surface area contributed by atoms with Gasteiger partial charge in [-0.2, -0.15) is 5.26 Å². The van der Waals surface area contributed by atoms with Crippen molar-refractivity contribution in [2.24, 2.45) is 0 Å². The van der Waals surface area contributed by atoms with E-state index in [2.05, 4.69) is 10.2 Å². The fraction of sp³-hybridized carbons (Fsp3) is 0.500. The minimum atomic E-state index is -0.0366. The van der Waals surface area contributed by atoms with Crippen molar-refractivity contribution in [2.45, 2.75) is 26.2 Å². The summed E-state index contributed by atoms with van der Waals surface area (Å²) in [5.41, 5.74) is 1.28. The zero-order chi connectivity index (χ0) is 17.4. The van der Waals surface area contributed by atoms with Gasteiger partial charge in [-0.25, -0.2) is 0 Å². The molecule has 1 aliphatic rings. The predicted molar refractivity (Wildman–Crippen MR) is 92.3 cm³/mol. The fourth-order valence-electron chi connectivity index (χ4n) is 2.78. The molecule has 1 N–H and O–H groups in total. The largest absolute Gasteiger partial charge is 0.341 e. The summed E-state index contributed by atoms with van der Waals surface area (Å²) in [6.07, 6.45) is 1.91. The average Bonchev–Trinajstić information content (AvgIpc) is 2.85. The van der Waals surface area contributed by atoms with E-state index >= 15 is 0 Å². The maximum Gasteiger partial charge on any atom is 0.225 e. The number of anilines is 1. The molecule has 2 amide bonds. The summed E-state index contributed by atoms with van der Waals surface area (Å²) < 4.78 is 0. The molecule has 2 rings (SSSR count). The lowest BCUT2D eigenvalue weighted by Gasteiger charge is -2.21. The van der Waals surface area contributed by atoms with Gasteiger partial charge in [0.15, 0.2) is 0 Å². The van der Waals surface area contributed by atoms with Crippen LogP contribution in [0.3, 0.4) is 0 Å². The van der Waals surface area contributed by atoms with E-state index in [1.807, 2.05) is 17.9 Å². The van der Waals surface area contributed by atoms with Gasteiger partial charge < -0.3 is 15.1 Å². The summed E-state index contributed by atoms with van der Waals surface area (Å²) in [5, 5.41) is 11.6. The minimum absolute atomic E-state index is 0.0366. The van der Waals surface area contributed by atoms with Crippen molar-refractivity contribution >= 4 is 17.5 Å². The number of nitriles is 1. The third kappa shape index (κ3) is 5.36. The first-order chi connectivity index (χ1) is 11.6. The number of nitrogens with one attached hydrogen (secondary N) is 1. The molecule has 0 aliphatic carbocycles. The third-order valence-electron chi connectivity index (χ3n) is 4.20. The summed E-state index contributed by atoms with van der Waals surface area (Å²) >= 11 is 0. The van der Waals surface area contributed by atoms with Crippen molar-refractivity contribution in [1.82, 2.24) is 9.80 Å². The summed E-state index contributed by atoms with van der Waals surface area (Å²) in [5.74, 6) is 0.167. The van der Waals surface area contributed by atoms with Crippen LogP contribution in [0, 0.1) is 11.3 Å². The van der Waals surface area contributed by atoms with Crippen LogP contribution in [0.15, 0.2) is 24.3 Å². The molecule has 128 valence electrons. The first-order valence-electron chi connectivity index (χ1n) is 8.42. The summed E-state index contributed by atoms with van der Waals surface area (Å²) in [6, 6.07) is 8.88. The molecule has 1 aromatic carbocycles. The minimum Gasteiger partial charge on any atom is -0.341 e. The molecule has 0 saturated carbocycles. The Morgan fingerprint density at radius 2 is 1.92 bits per heavy atom. The second kappa shape index (κ2) is 9.04. The first-order valence-corrected chi connectivity index (χ1v) is 8.42. The van der Waals surface area contributed by atoms with Gasteiger partial charge in [0.05, 0.1) is 11.6 Å². The number of amides is 2. The highest BCUT2D eigenvalue weighted by molar-refractivity contribution is 5.90. The van der Waals surface area contributed by atoms with E-state index in [9.17, 15) is 9.59 Å². The van der Waals surface area contributed by atoms with E-state index in [1.54, 1.807) is 24.3 Å². The molecule has 6 heteroatoms. The lowest BCUT2D eigenvalue weighted by molar-refractivity contribution is -0.130. The van der Waals surface area contributed by atoms with Crippen molar-refractivity contribution in [3.8, 4) is 6.07 Å². The van der Waals surface area contributed by atoms with Crippen LogP contribution < -0.4 is 5.32 Å². The van der Waals surface area contributed by atoms with Gasteiger partial charge in [0.2, 0.25) is 11.8 Å². The lowest BCUT2D eigenvalue weighted by Crippen LogP contribution is -2.35. The monoisotopic (exact) mass is 328 g/mol. The fourth-order valence-corrected chi connectivity index (χ4v) is 2.78. The lowest BCUT2D eigenvalue weighted by atomic mass is 10.2. The number of nitrogens with zero attached hydrogens (tertiary/aromatic N) is 3. The quantitative estimate of drug-likeness (QED) is 0.894. The van der Waals surface area contributed by atoms with Crippen LogP contribution in [0.5, 0.6) is 0 Å². The van der Waals surface area contributed by atoms with Gasteiger partial charge in [0.1, 0.15) is 0 Å². The second-order valence-electron chi connectivity index (χ2n) is 5.92. The van der Waals surface area contributed by atoms with E-state index in [1.165, 1.54) is 0 Å². The van der Waals surface area contributed by atoms with Crippen molar-refractivity contribution in [3.05, 3.63) is 29.8 Å². The maximum absolute atomic E-state index is 12.0. The van der Waals surface area contributed by atoms with Gasteiger partial charge in [-0.05, 0) is 37.2 Å². The van der Waals surface area contributed by atoms with Gasteiger partial charge in [-0.3, -0.25) is 9.59 Å². The molecule has 24 heavy (non-hydrogen) atoms. The molecule has 0 aromatic heterocycles. The van der Waals surface area contributed by atoms with Gasteiger partial charge in [0.25, 0.3) is 0 Å². The second-order valence-corrected chi connectivity index (χ2v) is 5.92. The molecule has 1 heterocycles. The molecule has 1 aliphatic heterocycles. The molecule has 1 aromatic rings. The van der Waals surface area contributed by atoms with Crippen molar-refractivity contribution in [2.75, 3.05) is 38.0 Å². The van der Waals surface area contributed by atoms with E-state index in [0.29, 0.717) is 30.6 Å². The number of benzene rings is 1. The molecular formula is C18H24N4O2. The first kappa shape index (κ1) is 18.0. The van der Waals surface area contributed by atoms with Crippen LogP contribution >= 0.6 is 0 Å². The number of rotatable bonds is 5. The number of hydrogen-bond donors (Lipinski definition) is 1. The Hall–Kier alpha value is -2.39. The Balaban J connectivity index is 1.75. The van der Waals surface area contributed by atoms with E-state index in [0.717, 1.165) is 32.6 Å². The number of hydrogen-bond acceptors (Lipinski definition) is 4. The molecule has 1 saturated heterocycles. The summed E-state index contributed by atoms with van der Waals surface area (Å²) in [4.78, 5) is 28.0. The Morgan fingerprint density at radius 3 is 2.58 bits per heavy atom. The van der Waals surface area contributed by atoms with Gasteiger partial charge in [0, 0.05) is 44.7 Å². The summed E-state index contributed by atoms with van der Waals surface area (Å²) in [7, 11) is 0. The van der Waals surface area contributed by atoms with Crippen LogP contribution in [0.4, 0.5) is 5.69 Å². The van der Waals surface area contributed by atoms with Crippen molar-refractivity contribution in [3.63, 3.8) is 0 Å². The molecular weight excluding hydrogens is 304 g/mol. The van der Waals surface area contributed by atoms with Crippen LogP contribution in [0.1, 0.15) is 31.7 Å². The van der Waals surface area contributed by atoms with Gasteiger partial charge in [-0.15, -0.1) is 0 Å². The van der Waals surface area contributed by atoms with E-state index in [-0.39, 0.29) is 11.8 Å². The van der Waals surface area contributed by atoms with Crippen molar-refractivity contribution < 1.29 is 9.59 Å². The van der Waals surface area contributed by atoms with E-state index < -0.39 is 0 Å². The third-order valence-corrected chi connectivity index (χ3v) is 4.20. The molecule has 0 bridgehead atoms.